The van der Waals surface area contributed by atoms with Gasteiger partial charge in [-0.15, -0.1) is 15.3 Å². The maximum atomic E-state index is 6.01. The number of ether oxygens (including phenoxy) is 1. The molecule has 11 nitrogen and oxygen atoms in total. The summed E-state index contributed by atoms with van der Waals surface area (Å²) in [5, 5.41) is 21.0. The number of nitrogens with zero attached hydrogens (tertiary/aromatic N) is 9. The van der Waals surface area contributed by atoms with Crippen LogP contribution < -0.4 is 4.74 Å². The zero-order valence-corrected chi connectivity index (χ0v) is 16.4. The molecule has 0 aliphatic carbocycles. The molecule has 0 saturated heterocycles. The van der Waals surface area contributed by atoms with E-state index in [4.69, 9.17) is 9.26 Å². The molecule has 0 fully saturated rings. The second kappa shape index (κ2) is 6.66. The van der Waals surface area contributed by atoms with Gasteiger partial charge in [0.15, 0.2) is 17.3 Å². The van der Waals surface area contributed by atoms with E-state index in [1.54, 1.807) is 9.20 Å². The summed E-state index contributed by atoms with van der Waals surface area (Å²) in [6, 6.07) is 1.91. The van der Waals surface area contributed by atoms with Gasteiger partial charge < -0.3 is 9.26 Å². The molecule has 0 amide bonds. The van der Waals surface area contributed by atoms with Gasteiger partial charge in [0.25, 0.3) is 5.89 Å². The summed E-state index contributed by atoms with van der Waals surface area (Å²) in [4.78, 5) is 8.50. The minimum atomic E-state index is -0.212. The highest BCUT2D eigenvalue weighted by Crippen LogP contribution is 2.31. The predicted molar refractivity (Wildman–Crippen MR) is 97.5 cm³/mol. The van der Waals surface area contributed by atoms with Crippen LogP contribution in [0.4, 0.5) is 0 Å². The van der Waals surface area contributed by atoms with Crippen molar-refractivity contribution in [3.05, 3.63) is 29.6 Å². The van der Waals surface area contributed by atoms with E-state index in [1.807, 2.05) is 20.0 Å². The van der Waals surface area contributed by atoms with Crippen molar-refractivity contribution in [3.63, 3.8) is 0 Å². The molecule has 0 aliphatic rings. The molecule has 0 atom stereocenters. The highest BCUT2D eigenvalue weighted by atomic mass is 16.5. The fraction of sp³-hybridized carbons (Fsp3) is 0.471. The van der Waals surface area contributed by atoms with Gasteiger partial charge in [0.2, 0.25) is 11.7 Å². The van der Waals surface area contributed by atoms with E-state index in [0.717, 1.165) is 5.56 Å². The van der Waals surface area contributed by atoms with Crippen LogP contribution in [0.25, 0.3) is 17.4 Å². The zero-order valence-electron chi connectivity index (χ0n) is 16.4. The van der Waals surface area contributed by atoms with E-state index in [9.17, 15) is 0 Å². The third-order valence-electron chi connectivity index (χ3n) is 4.29. The van der Waals surface area contributed by atoms with Gasteiger partial charge in [-0.05, 0) is 11.5 Å². The lowest BCUT2D eigenvalue weighted by Crippen LogP contribution is -2.17. The number of hydrogen-bond acceptors (Lipinski definition) is 9. The molecule has 4 aromatic rings. The maximum absolute atomic E-state index is 6.01. The number of aryl methyl sites for hydroxylation is 2. The molecule has 0 spiro atoms. The molecule has 0 saturated carbocycles. The maximum Gasteiger partial charge on any atom is 0.297 e. The second-order valence-corrected chi connectivity index (χ2v) is 7.36. The van der Waals surface area contributed by atoms with Gasteiger partial charge in [-0.25, -0.2) is 4.98 Å². The van der Waals surface area contributed by atoms with Crippen LogP contribution in [-0.2, 0) is 25.5 Å². The van der Waals surface area contributed by atoms with Crippen LogP contribution in [0.2, 0.25) is 0 Å². The molecule has 0 aliphatic heterocycles. The first-order valence-electron chi connectivity index (χ1n) is 8.92. The van der Waals surface area contributed by atoms with E-state index in [1.165, 1.54) is 6.33 Å². The van der Waals surface area contributed by atoms with Gasteiger partial charge in [0, 0.05) is 19.0 Å². The summed E-state index contributed by atoms with van der Waals surface area (Å²) in [6.07, 6.45) is 2.15. The molecular weight excluding hydrogens is 362 g/mol. The summed E-state index contributed by atoms with van der Waals surface area (Å²) in [5.41, 5.74) is 1.26. The molecule has 4 heterocycles. The van der Waals surface area contributed by atoms with Crippen molar-refractivity contribution in [3.8, 4) is 17.6 Å². The minimum absolute atomic E-state index is 0.212. The molecule has 4 rings (SSSR count). The first-order chi connectivity index (χ1) is 13.4. The first kappa shape index (κ1) is 18.0. The van der Waals surface area contributed by atoms with E-state index >= 15 is 0 Å². The lowest BCUT2D eigenvalue weighted by Gasteiger charge is -2.21. The largest absolute Gasteiger partial charge is 0.468 e. The van der Waals surface area contributed by atoms with E-state index in [-0.39, 0.29) is 17.9 Å². The molecule has 0 radical (unpaired) electrons. The second-order valence-electron chi connectivity index (χ2n) is 7.36. The minimum Gasteiger partial charge on any atom is -0.468 e. The Balaban J connectivity index is 1.78. The van der Waals surface area contributed by atoms with Gasteiger partial charge >= 0.3 is 0 Å². The highest BCUT2D eigenvalue weighted by molar-refractivity contribution is 5.52. The quantitative estimate of drug-likeness (QED) is 0.507. The SMILES string of the molecule is CCc1noc(-c2nnc3cc(C(C)(C)C)c(OCc4ncnn4C)nn23)n1. The van der Waals surface area contributed by atoms with Gasteiger partial charge in [-0.2, -0.15) is 14.6 Å². The number of fused-ring (bicyclic) bond motifs is 1. The summed E-state index contributed by atoms with van der Waals surface area (Å²) in [6.45, 7) is 8.43. The third-order valence-corrected chi connectivity index (χ3v) is 4.29. The molecule has 0 aromatic carbocycles. The monoisotopic (exact) mass is 383 g/mol. The highest BCUT2D eigenvalue weighted by Gasteiger charge is 2.25. The van der Waals surface area contributed by atoms with Gasteiger partial charge in [-0.3, -0.25) is 4.68 Å². The fourth-order valence-corrected chi connectivity index (χ4v) is 2.67. The molecule has 28 heavy (non-hydrogen) atoms. The van der Waals surface area contributed by atoms with Gasteiger partial charge in [0.1, 0.15) is 12.9 Å². The lowest BCUT2D eigenvalue weighted by molar-refractivity contribution is 0.266. The Morgan fingerprint density at radius 3 is 2.68 bits per heavy atom. The van der Waals surface area contributed by atoms with Crippen molar-refractivity contribution in [1.29, 1.82) is 0 Å². The van der Waals surface area contributed by atoms with Crippen molar-refractivity contribution < 1.29 is 9.26 Å². The summed E-state index contributed by atoms with van der Waals surface area (Å²) in [7, 11) is 1.81. The van der Waals surface area contributed by atoms with Crippen molar-refractivity contribution in [2.75, 3.05) is 0 Å². The van der Waals surface area contributed by atoms with Crippen molar-refractivity contribution in [2.45, 2.75) is 46.1 Å². The van der Waals surface area contributed by atoms with Crippen molar-refractivity contribution in [1.82, 2.24) is 44.7 Å². The fourth-order valence-electron chi connectivity index (χ4n) is 2.67. The Hall–Kier alpha value is -3.37. The summed E-state index contributed by atoms with van der Waals surface area (Å²) in [5.74, 6) is 2.37. The molecule has 0 unspecified atom stereocenters. The Labute approximate surface area is 160 Å². The first-order valence-corrected chi connectivity index (χ1v) is 8.92. The van der Waals surface area contributed by atoms with Crippen molar-refractivity contribution in [2.24, 2.45) is 7.05 Å². The van der Waals surface area contributed by atoms with Gasteiger partial charge in [-0.1, -0.05) is 32.9 Å². The molecule has 0 N–H and O–H groups in total. The normalized spacial score (nSPS) is 12.0. The molecule has 146 valence electrons. The Morgan fingerprint density at radius 2 is 2.04 bits per heavy atom. The average Bonchev–Trinajstić information content (AvgIpc) is 3.37. The van der Waals surface area contributed by atoms with Crippen LogP contribution in [0.5, 0.6) is 5.88 Å². The van der Waals surface area contributed by atoms with Crippen LogP contribution in [0, 0.1) is 0 Å². The molecule has 4 aromatic heterocycles. The predicted octanol–water partition coefficient (Wildman–Crippen LogP) is 1.74. The van der Waals surface area contributed by atoms with Crippen LogP contribution in [0.15, 0.2) is 16.9 Å². The topological polar surface area (TPSA) is 122 Å². The number of aromatic nitrogens is 9. The average molecular weight is 383 g/mol. The van der Waals surface area contributed by atoms with E-state index in [2.05, 4.69) is 56.3 Å². The zero-order chi connectivity index (χ0) is 19.9. The van der Waals surface area contributed by atoms with Crippen LogP contribution >= 0.6 is 0 Å². The van der Waals surface area contributed by atoms with E-state index in [0.29, 0.717) is 35.4 Å². The Morgan fingerprint density at radius 1 is 1.21 bits per heavy atom. The number of hydrogen-bond donors (Lipinski definition) is 0. The molecule has 0 bridgehead atoms. The number of rotatable bonds is 5. The Bertz CT molecular complexity index is 1120. The Kier molecular flexibility index (Phi) is 4.28. The van der Waals surface area contributed by atoms with Crippen LogP contribution in [-0.4, -0.2) is 44.7 Å². The van der Waals surface area contributed by atoms with Crippen molar-refractivity contribution >= 4 is 5.65 Å². The standard InChI is InChI=1S/C17H21N9O2/c1-6-11-20-16(28-24-11)14-22-21-12-7-10(17(2,3)4)15(23-26(12)14)27-8-13-18-9-19-25(13)5/h7,9H,6,8H2,1-5H3. The van der Waals surface area contributed by atoms with E-state index < -0.39 is 0 Å². The summed E-state index contributed by atoms with van der Waals surface area (Å²) >= 11 is 0. The van der Waals surface area contributed by atoms with Crippen LogP contribution in [0.3, 0.4) is 0 Å². The third kappa shape index (κ3) is 3.19. The van der Waals surface area contributed by atoms with Crippen LogP contribution in [0.1, 0.15) is 44.9 Å². The smallest absolute Gasteiger partial charge is 0.297 e. The molecular formula is C17H21N9O2. The van der Waals surface area contributed by atoms with Gasteiger partial charge in [0.05, 0.1) is 0 Å². The lowest BCUT2D eigenvalue weighted by atomic mass is 9.88. The molecule has 11 heteroatoms. The summed E-state index contributed by atoms with van der Waals surface area (Å²) < 4.78 is 14.5.